The highest BCUT2D eigenvalue weighted by molar-refractivity contribution is 7.93. The van der Waals surface area contributed by atoms with Crippen LogP contribution >= 0.6 is 11.3 Å². The number of anilines is 1. The summed E-state index contributed by atoms with van der Waals surface area (Å²) in [7, 11) is -3.86. The summed E-state index contributed by atoms with van der Waals surface area (Å²) in [6.07, 6.45) is 0. The van der Waals surface area contributed by atoms with Gasteiger partial charge in [0.1, 0.15) is 10.7 Å². The molecule has 20 heavy (non-hydrogen) atoms. The molecular formula is C13H14FNO3S2. The second kappa shape index (κ2) is 5.51. The average Bonchev–Trinajstić information content (AvgIpc) is 2.76. The average molecular weight is 315 g/mol. The van der Waals surface area contributed by atoms with E-state index in [9.17, 15) is 12.8 Å². The maximum atomic E-state index is 13.6. The number of sulfonamides is 1. The van der Waals surface area contributed by atoms with Gasteiger partial charge >= 0.3 is 0 Å². The fourth-order valence-electron chi connectivity index (χ4n) is 1.79. The van der Waals surface area contributed by atoms with E-state index < -0.39 is 15.8 Å². The third kappa shape index (κ3) is 3.00. The van der Waals surface area contributed by atoms with Crippen LogP contribution in [0.25, 0.3) is 0 Å². The van der Waals surface area contributed by atoms with Crippen LogP contribution in [0.15, 0.2) is 29.2 Å². The number of aryl methyl sites for hydroxylation is 2. The zero-order valence-electron chi connectivity index (χ0n) is 11.0. The van der Waals surface area contributed by atoms with E-state index in [1.165, 1.54) is 29.5 Å². The van der Waals surface area contributed by atoms with Crippen molar-refractivity contribution in [2.75, 3.05) is 4.72 Å². The van der Waals surface area contributed by atoms with Gasteiger partial charge in [0, 0.05) is 9.75 Å². The normalized spacial score (nSPS) is 11.6. The molecule has 0 amide bonds. The summed E-state index contributed by atoms with van der Waals surface area (Å²) in [5.74, 6) is -0.630. The van der Waals surface area contributed by atoms with Crippen molar-refractivity contribution in [3.8, 4) is 0 Å². The lowest BCUT2D eigenvalue weighted by atomic mass is 10.2. The molecule has 108 valence electrons. The van der Waals surface area contributed by atoms with E-state index in [1.807, 2.05) is 0 Å². The maximum absolute atomic E-state index is 13.6. The molecule has 0 radical (unpaired) electrons. The predicted octanol–water partition coefficient (Wildman–Crippen LogP) is 2.80. The fourth-order valence-corrected chi connectivity index (χ4v) is 4.34. The zero-order chi connectivity index (χ0) is 14.9. The van der Waals surface area contributed by atoms with Crippen LogP contribution in [0.2, 0.25) is 0 Å². The first-order valence-electron chi connectivity index (χ1n) is 5.82. The van der Waals surface area contributed by atoms with Crippen LogP contribution < -0.4 is 4.72 Å². The lowest BCUT2D eigenvalue weighted by molar-refractivity contribution is 0.285. The standard InChI is InChI=1S/C13H14FNO3S2/c1-8-3-4-11(14)12(5-8)15-20(17,18)13-6-10(7-16)19-9(13)2/h3-6,15-16H,7H2,1-2H3. The summed E-state index contributed by atoms with van der Waals surface area (Å²) < 4.78 is 40.4. The summed E-state index contributed by atoms with van der Waals surface area (Å²) in [6.45, 7) is 3.17. The van der Waals surface area contributed by atoms with E-state index in [0.717, 1.165) is 5.56 Å². The van der Waals surface area contributed by atoms with Gasteiger partial charge in [0.15, 0.2) is 0 Å². The summed E-state index contributed by atoms with van der Waals surface area (Å²) in [6, 6.07) is 5.61. The number of aliphatic hydroxyl groups is 1. The molecule has 1 aromatic carbocycles. The Morgan fingerprint density at radius 1 is 1.30 bits per heavy atom. The van der Waals surface area contributed by atoms with E-state index in [-0.39, 0.29) is 17.2 Å². The molecule has 0 aliphatic rings. The first-order valence-corrected chi connectivity index (χ1v) is 8.12. The van der Waals surface area contributed by atoms with Gasteiger partial charge in [-0.3, -0.25) is 4.72 Å². The molecule has 0 spiro atoms. The van der Waals surface area contributed by atoms with Crippen molar-refractivity contribution >= 4 is 27.0 Å². The van der Waals surface area contributed by atoms with Crippen LogP contribution in [0, 0.1) is 19.7 Å². The molecule has 2 N–H and O–H groups in total. The minimum atomic E-state index is -3.86. The summed E-state index contributed by atoms with van der Waals surface area (Å²) >= 11 is 1.20. The SMILES string of the molecule is Cc1ccc(F)c(NS(=O)(=O)c2cc(CO)sc2C)c1. The molecule has 0 atom stereocenters. The smallest absolute Gasteiger partial charge is 0.263 e. The number of aliphatic hydroxyl groups excluding tert-OH is 1. The zero-order valence-corrected chi connectivity index (χ0v) is 12.6. The summed E-state index contributed by atoms with van der Waals surface area (Å²) in [5.41, 5.74) is 0.670. The molecule has 7 heteroatoms. The van der Waals surface area contributed by atoms with Crippen LogP contribution in [0.1, 0.15) is 15.3 Å². The third-order valence-electron chi connectivity index (χ3n) is 2.73. The van der Waals surface area contributed by atoms with Crippen LogP contribution in [-0.4, -0.2) is 13.5 Å². The van der Waals surface area contributed by atoms with Crippen LogP contribution in [0.5, 0.6) is 0 Å². The van der Waals surface area contributed by atoms with Gasteiger partial charge in [0.2, 0.25) is 0 Å². The molecule has 0 fully saturated rings. The number of hydrogen-bond acceptors (Lipinski definition) is 4. The van der Waals surface area contributed by atoms with Gasteiger partial charge in [0.05, 0.1) is 12.3 Å². The lowest BCUT2D eigenvalue weighted by Crippen LogP contribution is -2.14. The first kappa shape index (κ1) is 15.0. The van der Waals surface area contributed by atoms with Crippen molar-refractivity contribution in [2.45, 2.75) is 25.3 Å². The van der Waals surface area contributed by atoms with Crippen molar-refractivity contribution < 1.29 is 17.9 Å². The Kier molecular flexibility index (Phi) is 4.12. The van der Waals surface area contributed by atoms with E-state index in [2.05, 4.69) is 4.72 Å². The molecule has 0 bridgehead atoms. The Morgan fingerprint density at radius 2 is 2.00 bits per heavy atom. The Balaban J connectivity index is 2.40. The van der Waals surface area contributed by atoms with Crippen molar-refractivity contribution in [3.05, 3.63) is 45.4 Å². The first-order chi connectivity index (χ1) is 9.33. The van der Waals surface area contributed by atoms with Gasteiger partial charge in [-0.1, -0.05) is 6.07 Å². The van der Waals surface area contributed by atoms with E-state index >= 15 is 0 Å². The van der Waals surface area contributed by atoms with Crippen molar-refractivity contribution in [1.82, 2.24) is 0 Å². The van der Waals surface area contributed by atoms with Gasteiger partial charge in [-0.15, -0.1) is 11.3 Å². The highest BCUT2D eigenvalue weighted by Gasteiger charge is 2.21. The van der Waals surface area contributed by atoms with Crippen LogP contribution in [0.3, 0.4) is 0 Å². The minimum absolute atomic E-state index is 0.0625. The Labute approximate surface area is 120 Å². The highest BCUT2D eigenvalue weighted by atomic mass is 32.2. The predicted molar refractivity (Wildman–Crippen MR) is 76.9 cm³/mol. The quantitative estimate of drug-likeness (QED) is 0.912. The molecule has 1 aromatic heterocycles. The number of halogens is 1. The number of thiophene rings is 1. The van der Waals surface area contributed by atoms with E-state index in [1.54, 1.807) is 19.9 Å². The van der Waals surface area contributed by atoms with Crippen molar-refractivity contribution in [1.29, 1.82) is 0 Å². The molecule has 0 aliphatic carbocycles. The molecule has 0 unspecified atom stereocenters. The number of rotatable bonds is 4. The number of hydrogen-bond donors (Lipinski definition) is 2. The maximum Gasteiger partial charge on any atom is 0.263 e. The van der Waals surface area contributed by atoms with Crippen LogP contribution in [-0.2, 0) is 16.6 Å². The van der Waals surface area contributed by atoms with Gasteiger partial charge < -0.3 is 5.11 Å². The molecular weight excluding hydrogens is 301 g/mol. The summed E-state index contributed by atoms with van der Waals surface area (Å²) in [4.78, 5) is 1.16. The molecule has 0 saturated carbocycles. The molecule has 0 saturated heterocycles. The second-order valence-electron chi connectivity index (χ2n) is 4.38. The van der Waals surface area contributed by atoms with Gasteiger partial charge in [-0.05, 0) is 37.6 Å². The monoisotopic (exact) mass is 315 g/mol. The molecule has 4 nitrogen and oxygen atoms in total. The van der Waals surface area contributed by atoms with Gasteiger partial charge in [-0.2, -0.15) is 0 Å². The third-order valence-corrected chi connectivity index (χ3v) is 5.39. The Hall–Kier alpha value is -1.44. The largest absolute Gasteiger partial charge is 0.391 e. The highest BCUT2D eigenvalue weighted by Crippen LogP contribution is 2.28. The van der Waals surface area contributed by atoms with Gasteiger partial charge in [0.25, 0.3) is 10.0 Å². The second-order valence-corrected chi connectivity index (χ2v) is 7.37. The summed E-state index contributed by atoms with van der Waals surface area (Å²) in [5, 5.41) is 9.05. The van der Waals surface area contributed by atoms with Crippen LogP contribution in [0.4, 0.5) is 10.1 Å². The molecule has 1 heterocycles. The van der Waals surface area contributed by atoms with Crippen molar-refractivity contribution in [2.24, 2.45) is 0 Å². The Morgan fingerprint density at radius 3 is 2.60 bits per heavy atom. The van der Waals surface area contributed by atoms with Gasteiger partial charge in [-0.25, -0.2) is 12.8 Å². The number of nitrogens with one attached hydrogen (secondary N) is 1. The van der Waals surface area contributed by atoms with E-state index in [0.29, 0.717) is 9.75 Å². The Bertz CT molecular complexity index is 738. The molecule has 0 aliphatic heterocycles. The van der Waals surface area contributed by atoms with Crippen molar-refractivity contribution in [3.63, 3.8) is 0 Å². The molecule has 2 rings (SSSR count). The fraction of sp³-hybridized carbons (Fsp3) is 0.231. The lowest BCUT2D eigenvalue weighted by Gasteiger charge is -2.09. The number of benzene rings is 1. The topological polar surface area (TPSA) is 66.4 Å². The minimum Gasteiger partial charge on any atom is -0.391 e. The molecule has 2 aromatic rings. The van der Waals surface area contributed by atoms with E-state index in [4.69, 9.17) is 5.11 Å².